The third kappa shape index (κ3) is 6.96. The summed E-state index contributed by atoms with van der Waals surface area (Å²) in [5.41, 5.74) is 5.27. The second-order valence-corrected chi connectivity index (χ2v) is 6.02. The van der Waals surface area contributed by atoms with Crippen LogP contribution in [0.4, 0.5) is 0 Å². The summed E-state index contributed by atoms with van der Waals surface area (Å²) in [6.45, 7) is 4.39. The van der Waals surface area contributed by atoms with Crippen molar-refractivity contribution in [3.8, 4) is 5.75 Å². The number of benzene rings is 1. The van der Waals surface area contributed by atoms with Crippen molar-refractivity contribution in [1.82, 2.24) is 16.2 Å². The second kappa shape index (κ2) is 10.2. The van der Waals surface area contributed by atoms with Gasteiger partial charge in [0.15, 0.2) is 5.11 Å². The lowest BCUT2D eigenvalue weighted by molar-refractivity contribution is -0.121. The fraction of sp³-hybridized carbons (Fsp3) is 0.400. The summed E-state index contributed by atoms with van der Waals surface area (Å²) in [5.74, 6) is -0.136. The van der Waals surface area contributed by atoms with Gasteiger partial charge in [-0.1, -0.05) is 29.8 Å². The van der Waals surface area contributed by atoms with E-state index in [4.69, 9.17) is 17.0 Å². The Hall–Kier alpha value is -1.67. The fourth-order valence-corrected chi connectivity index (χ4v) is 2.14. The molecule has 1 aromatic rings. The summed E-state index contributed by atoms with van der Waals surface area (Å²) in [6, 6.07) is 5.16. The Morgan fingerprint density at radius 3 is 2.61 bits per heavy atom. The molecule has 2 amide bonds. The van der Waals surface area contributed by atoms with Gasteiger partial charge in [-0.25, -0.2) is 0 Å². The predicted octanol–water partition coefficient (Wildman–Crippen LogP) is 2.67. The lowest BCUT2D eigenvalue weighted by atomic mass is 10.2. The number of thiocarbonyl (C=S) groups is 1. The summed E-state index contributed by atoms with van der Waals surface area (Å²) < 4.78 is 6.31. The highest BCUT2D eigenvalue weighted by molar-refractivity contribution is 9.10. The maximum Gasteiger partial charge on any atom is 0.261 e. The Labute approximate surface area is 149 Å². The lowest BCUT2D eigenvalue weighted by Gasteiger charge is -2.13. The largest absolute Gasteiger partial charge is 0.493 e. The average Bonchev–Trinajstić information content (AvgIpc) is 2.52. The van der Waals surface area contributed by atoms with Crippen LogP contribution in [0.25, 0.3) is 0 Å². The topological polar surface area (TPSA) is 79.5 Å². The van der Waals surface area contributed by atoms with Crippen molar-refractivity contribution in [2.24, 2.45) is 0 Å². The molecule has 0 aliphatic rings. The molecule has 0 fully saturated rings. The van der Waals surface area contributed by atoms with E-state index in [9.17, 15) is 9.59 Å². The Kier molecular flexibility index (Phi) is 8.57. The Balaban J connectivity index is 2.67. The van der Waals surface area contributed by atoms with Crippen LogP contribution >= 0.6 is 28.1 Å². The zero-order chi connectivity index (χ0) is 17.2. The molecule has 0 saturated heterocycles. The Morgan fingerprint density at radius 2 is 1.96 bits per heavy atom. The van der Waals surface area contributed by atoms with Crippen LogP contribution < -0.4 is 20.9 Å². The summed E-state index contributed by atoms with van der Waals surface area (Å²) in [6.07, 6.45) is 1.94. The molecule has 3 N–H and O–H groups in total. The third-order valence-electron chi connectivity index (χ3n) is 2.67. The zero-order valence-corrected chi connectivity index (χ0v) is 15.5. The fourth-order valence-electron chi connectivity index (χ4n) is 1.64. The van der Waals surface area contributed by atoms with Crippen molar-refractivity contribution >= 4 is 45.1 Å². The van der Waals surface area contributed by atoms with Gasteiger partial charge >= 0.3 is 0 Å². The van der Waals surface area contributed by atoms with Crippen LogP contribution in [0.15, 0.2) is 22.7 Å². The van der Waals surface area contributed by atoms with Crippen molar-refractivity contribution in [2.45, 2.75) is 33.1 Å². The van der Waals surface area contributed by atoms with Crippen molar-refractivity contribution in [2.75, 3.05) is 6.61 Å². The molecule has 0 saturated carbocycles. The van der Waals surface area contributed by atoms with Gasteiger partial charge < -0.3 is 4.74 Å². The van der Waals surface area contributed by atoms with E-state index in [1.165, 1.54) is 0 Å². The summed E-state index contributed by atoms with van der Waals surface area (Å²) in [4.78, 5) is 23.7. The second-order valence-electron chi connectivity index (χ2n) is 4.70. The van der Waals surface area contributed by atoms with Gasteiger partial charge in [-0.15, -0.1) is 0 Å². The number of hydrazine groups is 1. The van der Waals surface area contributed by atoms with E-state index in [1.54, 1.807) is 18.2 Å². The van der Waals surface area contributed by atoms with E-state index in [1.807, 2.05) is 13.8 Å². The number of amides is 2. The van der Waals surface area contributed by atoms with Crippen molar-refractivity contribution < 1.29 is 14.3 Å². The molecule has 0 radical (unpaired) electrons. The van der Waals surface area contributed by atoms with E-state index in [-0.39, 0.29) is 11.0 Å². The molecule has 0 heterocycles. The molecule has 0 atom stereocenters. The average molecular weight is 402 g/mol. The van der Waals surface area contributed by atoms with E-state index in [0.717, 1.165) is 17.3 Å². The molecular formula is C15H20BrN3O3S. The molecule has 126 valence electrons. The molecule has 23 heavy (non-hydrogen) atoms. The SMILES string of the molecule is CCCOc1ccc(Br)cc1C(=O)NC(=S)NNC(=O)CCC. The van der Waals surface area contributed by atoms with Crippen molar-refractivity contribution in [1.29, 1.82) is 0 Å². The highest BCUT2D eigenvalue weighted by Crippen LogP contribution is 2.23. The lowest BCUT2D eigenvalue weighted by Crippen LogP contribution is -2.48. The number of carbonyl (C=O) groups excluding carboxylic acids is 2. The van der Waals surface area contributed by atoms with Crippen LogP contribution in [-0.4, -0.2) is 23.5 Å². The molecule has 8 heteroatoms. The molecule has 0 aromatic heterocycles. The first-order valence-corrected chi connectivity index (χ1v) is 8.50. The van der Waals surface area contributed by atoms with Crippen LogP contribution in [0.3, 0.4) is 0 Å². The minimum absolute atomic E-state index is 0.0147. The first-order valence-electron chi connectivity index (χ1n) is 7.30. The first kappa shape index (κ1) is 19.4. The monoisotopic (exact) mass is 401 g/mol. The van der Waals surface area contributed by atoms with Crippen LogP contribution in [-0.2, 0) is 4.79 Å². The minimum Gasteiger partial charge on any atom is -0.493 e. The summed E-state index contributed by atoms with van der Waals surface area (Å²) >= 11 is 8.31. The number of rotatable bonds is 6. The number of carbonyl (C=O) groups is 2. The predicted molar refractivity (Wildman–Crippen MR) is 96.2 cm³/mol. The van der Waals surface area contributed by atoms with Gasteiger partial charge in [0.25, 0.3) is 5.91 Å². The zero-order valence-electron chi connectivity index (χ0n) is 13.1. The van der Waals surface area contributed by atoms with Crippen LogP contribution in [0.1, 0.15) is 43.5 Å². The molecule has 1 aromatic carbocycles. The molecule has 0 spiro atoms. The number of nitrogens with one attached hydrogen (secondary N) is 3. The molecule has 0 aliphatic carbocycles. The number of ether oxygens (including phenoxy) is 1. The quantitative estimate of drug-likeness (QED) is 0.504. The maximum absolute atomic E-state index is 12.3. The van der Waals surface area contributed by atoms with Gasteiger partial charge in [0.1, 0.15) is 5.75 Å². The first-order chi connectivity index (χ1) is 11.0. The van der Waals surface area contributed by atoms with Crippen LogP contribution in [0.5, 0.6) is 5.75 Å². The number of hydrogen-bond donors (Lipinski definition) is 3. The highest BCUT2D eigenvalue weighted by atomic mass is 79.9. The standard InChI is InChI=1S/C15H20BrN3O3S/c1-3-5-13(20)18-19-15(23)17-14(21)11-9-10(16)6-7-12(11)22-8-4-2/h6-7,9H,3-5,8H2,1-2H3,(H,18,20)(H2,17,19,21,23). The summed E-state index contributed by atoms with van der Waals surface area (Å²) in [5, 5.41) is 2.52. The normalized spacial score (nSPS) is 9.87. The van der Waals surface area contributed by atoms with Gasteiger partial charge in [0.05, 0.1) is 12.2 Å². The Bertz CT molecular complexity index is 581. The highest BCUT2D eigenvalue weighted by Gasteiger charge is 2.15. The maximum atomic E-state index is 12.3. The minimum atomic E-state index is -0.417. The smallest absolute Gasteiger partial charge is 0.261 e. The third-order valence-corrected chi connectivity index (χ3v) is 3.36. The Morgan fingerprint density at radius 1 is 1.22 bits per heavy atom. The van der Waals surface area contributed by atoms with Crippen LogP contribution in [0, 0.1) is 0 Å². The number of hydrogen-bond acceptors (Lipinski definition) is 4. The molecule has 1 rings (SSSR count). The van der Waals surface area contributed by atoms with E-state index >= 15 is 0 Å². The van der Waals surface area contributed by atoms with Crippen molar-refractivity contribution in [3.05, 3.63) is 28.2 Å². The number of halogens is 1. The van der Waals surface area contributed by atoms with E-state index in [2.05, 4.69) is 32.1 Å². The molecule has 6 nitrogen and oxygen atoms in total. The van der Waals surface area contributed by atoms with Gasteiger partial charge in [0, 0.05) is 10.9 Å². The summed E-state index contributed by atoms with van der Waals surface area (Å²) in [7, 11) is 0. The van der Waals surface area contributed by atoms with Gasteiger partial charge in [-0.3, -0.25) is 25.8 Å². The van der Waals surface area contributed by atoms with Gasteiger partial charge in [-0.05, 0) is 43.3 Å². The van der Waals surface area contributed by atoms with E-state index < -0.39 is 5.91 Å². The van der Waals surface area contributed by atoms with Gasteiger partial charge in [-0.2, -0.15) is 0 Å². The molecule has 0 unspecified atom stereocenters. The van der Waals surface area contributed by atoms with Crippen molar-refractivity contribution in [3.63, 3.8) is 0 Å². The molecular weight excluding hydrogens is 382 g/mol. The van der Waals surface area contributed by atoms with E-state index in [0.29, 0.717) is 24.3 Å². The van der Waals surface area contributed by atoms with Gasteiger partial charge in [0.2, 0.25) is 5.91 Å². The van der Waals surface area contributed by atoms with Crippen LogP contribution in [0.2, 0.25) is 0 Å². The molecule has 0 bridgehead atoms. The molecule has 0 aliphatic heterocycles.